The predicted octanol–water partition coefficient (Wildman–Crippen LogP) is -0.281. The monoisotopic (exact) mass is 233 g/mol. The van der Waals surface area contributed by atoms with Crippen molar-refractivity contribution < 1.29 is 18.3 Å². The van der Waals surface area contributed by atoms with Gasteiger partial charge in [-0.3, -0.25) is 9.69 Å². The molecule has 15 heavy (non-hydrogen) atoms. The van der Waals surface area contributed by atoms with E-state index in [-0.39, 0.29) is 17.8 Å². The molecular weight excluding hydrogens is 218 g/mol. The van der Waals surface area contributed by atoms with Crippen molar-refractivity contribution in [2.45, 2.75) is 43.6 Å². The molecule has 2 bridgehead atoms. The quantitative estimate of drug-likeness (QED) is 0.710. The summed E-state index contributed by atoms with van der Waals surface area (Å²) in [5.41, 5.74) is 0. The van der Waals surface area contributed by atoms with Gasteiger partial charge in [0.2, 0.25) is 0 Å². The average Bonchev–Trinajstić information content (AvgIpc) is 2.54. The summed E-state index contributed by atoms with van der Waals surface area (Å²) in [6.45, 7) is 3.81. The van der Waals surface area contributed by atoms with Gasteiger partial charge in [0.25, 0.3) is 0 Å². The van der Waals surface area contributed by atoms with Crippen molar-refractivity contribution in [3.63, 3.8) is 0 Å². The minimum absolute atomic E-state index is 0.0802. The number of carboxylic acid groups (broad SMARTS) is 1. The van der Waals surface area contributed by atoms with Crippen LogP contribution in [0.5, 0.6) is 0 Å². The molecule has 0 aromatic rings. The molecule has 2 aliphatic rings. The van der Waals surface area contributed by atoms with Crippen LogP contribution in [0, 0.1) is 0 Å². The molecule has 2 heterocycles. The maximum atomic E-state index is 11.6. The number of carboxylic acids is 1. The Morgan fingerprint density at radius 1 is 1.47 bits per heavy atom. The Kier molecular flexibility index (Phi) is 2.31. The molecule has 0 radical (unpaired) electrons. The highest BCUT2D eigenvalue weighted by Gasteiger charge is 2.58. The number of carbonyl (C=O) groups is 1. The third kappa shape index (κ3) is 1.47. The van der Waals surface area contributed by atoms with Crippen molar-refractivity contribution in [1.82, 2.24) is 4.90 Å². The Morgan fingerprint density at radius 3 is 2.53 bits per heavy atom. The van der Waals surface area contributed by atoms with E-state index in [1.54, 1.807) is 0 Å². The fraction of sp³-hybridized carbons (Fsp3) is 0.889. The lowest BCUT2D eigenvalue weighted by Crippen LogP contribution is -2.54. The van der Waals surface area contributed by atoms with Crippen molar-refractivity contribution in [2.75, 3.05) is 5.75 Å². The van der Waals surface area contributed by atoms with Crippen LogP contribution in [0.25, 0.3) is 0 Å². The zero-order valence-electron chi connectivity index (χ0n) is 8.75. The molecule has 1 N–H and O–H groups in total. The summed E-state index contributed by atoms with van der Waals surface area (Å²) in [5, 5.41) is 8.39. The Morgan fingerprint density at radius 2 is 2.07 bits per heavy atom. The van der Waals surface area contributed by atoms with Gasteiger partial charge in [0, 0.05) is 12.1 Å². The van der Waals surface area contributed by atoms with E-state index in [1.165, 1.54) is 0 Å². The van der Waals surface area contributed by atoms with Gasteiger partial charge >= 0.3 is 5.97 Å². The molecule has 0 aromatic heterocycles. The van der Waals surface area contributed by atoms with Crippen LogP contribution in [0.15, 0.2) is 0 Å². The lowest BCUT2D eigenvalue weighted by Gasteiger charge is -2.35. The summed E-state index contributed by atoms with van der Waals surface area (Å²) in [4.78, 5) is 12.9. The van der Waals surface area contributed by atoms with E-state index in [2.05, 4.69) is 0 Å². The van der Waals surface area contributed by atoms with E-state index in [0.29, 0.717) is 6.42 Å². The number of sulfone groups is 1. The Bertz CT molecular complexity index is 389. The van der Waals surface area contributed by atoms with E-state index in [9.17, 15) is 13.2 Å². The summed E-state index contributed by atoms with van der Waals surface area (Å²) in [5.74, 6) is -0.890. The summed E-state index contributed by atoms with van der Waals surface area (Å²) in [6, 6.07) is -0.855. The molecule has 0 amide bonds. The molecule has 5 nitrogen and oxygen atoms in total. The first-order valence-electron chi connectivity index (χ1n) is 5.06. The van der Waals surface area contributed by atoms with E-state index in [1.807, 2.05) is 18.7 Å². The highest BCUT2D eigenvalue weighted by molar-refractivity contribution is 7.92. The van der Waals surface area contributed by atoms with Gasteiger partial charge in [0.15, 0.2) is 9.84 Å². The Hall–Kier alpha value is -0.620. The third-order valence-electron chi connectivity index (χ3n) is 3.33. The summed E-state index contributed by atoms with van der Waals surface area (Å²) >= 11 is 0. The van der Waals surface area contributed by atoms with Crippen LogP contribution in [-0.2, 0) is 14.6 Å². The highest BCUT2D eigenvalue weighted by Crippen LogP contribution is 2.39. The molecule has 3 unspecified atom stereocenters. The first-order chi connectivity index (χ1) is 6.84. The van der Waals surface area contributed by atoms with Crippen molar-refractivity contribution in [2.24, 2.45) is 0 Å². The first kappa shape index (κ1) is 10.9. The molecule has 2 saturated heterocycles. The smallest absolute Gasteiger partial charge is 0.322 e. The minimum atomic E-state index is -3.17. The van der Waals surface area contributed by atoms with Gasteiger partial charge in [-0.15, -0.1) is 0 Å². The maximum Gasteiger partial charge on any atom is 0.322 e. The van der Waals surface area contributed by atoms with E-state index in [4.69, 9.17) is 5.11 Å². The number of hydrogen-bond acceptors (Lipinski definition) is 4. The zero-order chi connectivity index (χ0) is 11.4. The molecule has 6 heteroatoms. The third-order valence-corrected chi connectivity index (χ3v) is 5.56. The molecule has 2 rings (SSSR count). The molecule has 3 atom stereocenters. The number of rotatable bonds is 2. The number of hydrogen-bond donors (Lipinski definition) is 1. The predicted molar refractivity (Wildman–Crippen MR) is 54.4 cm³/mol. The van der Waals surface area contributed by atoms with Gasteiger partial charge in [0.1, 0.15) is 6.04 Å². The molecule has 0 spiro atoms. The molecule has 2 aliphatic heterocycles. The van der Waals surface area contributed by atoms with Crippen molar-refractivity contribution in [3.05, 3.63) is 0 Å². The standard InChI is InChI=1S/C9H15NO4S/c1-5(2)10-6-3-7(8(10)9(11)12)15(13,14)4-6/h5-8H,3-4H2,1-2H3,(H,11,12). The largest absolute Gasteiger partial charge is 0.480 e. The summed E-state index contributed by atoms with van der Waals surface area (Å²) < 4.78 is 23.2. The lowest BCUT2D eigenvalue weighted by molar-refractivity contribution is -0.143. The van der Waals surface area contributed by atoms with Gasteiger partial charge in [0.05, 0.1) is 11.0 Å². The van der Waals surface area contributed by atoms with Crippen molar-refractivity contribution in [3.8, 4) is 0 Å². The van der Waals surface area contributed by atoms with Gasteiger partial charge in [-0.25, -0.2) is 8.42 Å². The van der Waals surface area contributed by atoms with Gasteiger partial charge in [-0.1, -0.05) is 0 Å². The van der Waals surface area contributed by atoms with Crippen LogP contribution in [0.3, 0.4) is 0 Å². The van der Waals surface area contributed by atoms with Crippen molar-refractivity contribution in [1.29, 1.82) is 0 Å². The number of nitrogens with zero attached hydrogens (tertiary/aromatic N) is 1. The topological polar surface area (TPSA) is 74.7 Å². The average molecular weight is 233 g/mol. The zero-order valence-corrected chi connectivity index (χ0v) is 9.57. The van der Waals surface area contributed by atoms with Crippen LogP contribution in [-0.4, -0.2) is 53.5 Å². The SMILES string of the molecule is CC(C)N1C2CC(C1C(=O)O)S(=O)(=O)C2. The lowest BCUT2D eigenvalue weighted by atomic mass is 10.2. The second kappa shape index (κ2) is 3.18. The maximum absolute atomic E-state index is 11.6. The molecular formula is C9H15NO4S. The van der Waals surface area contributed by atoms with E-state index < -0.39 is 27.1 Å². The molecule has 0 aliphatic carbocycles. The normalized spacial score (nSPS) is 38.7. The van der Waals surface area contributed by atoms with Crippen LogP contribution in [0.2, 0.25) is 0 Å². The second-order valence-corrected chi connectivity index (χ2v) is 6.85. The Balaban J connectivity index is 2.37. The number of likely N-dealkylation sites (tertiary alicyclic amines) is 1. The molecule has 0 saturated carbocycles. The molecule has 86 valence electrons. The van der Waals surface area contributed by atoms with E-state index >= 15 is 0 Å². The van der Waals surface area contributed by atoms with Crippen LogP contribution in [0.1, 0.15) is 20.3 Å². The van der Waals surface area contributed by atoms with E-state index in [0.717, 1.165) is 0 Å². The first-order valence-corrected chi connectivity index (χ1v) is 6.78. The molecule has 0 aromatic carbocycles. The highest BCUT2D eigenvalue weighted by atomic mass is 32.2. The molecule has 2 fully saturated rings. The Labute approximate surface area is 89.0 Å². The van der Waals surface area contributed by atoms with Gasteiger partial charge in [-0.2, -0.15) is 0 Å². The number of fused-ring (bicyclic) bond motifs is 2. The van der Waals surface area contributed by atoms with Crippen LogP contribution in [0.4, 0.5) is 0 Å². The minimum Gasteiger partial charge on any atom is -0.480 e. The van der Waals surface area contributed by atoms with Crippen LogP contribution >= 0.6 is 0 Å². The van der Waals surface area contributed by atoms with Crippen LogP contribution < -0.4 is 0 Å². The summed E-state index contributed by atoms with van der Waals surface area (Å²) in [7, 11) is -3.17. The summed E-state index contributed by atoms with van der Waals surface area (Å²) in [6.07, 6.45) is 0.484. The second-order valence-electron chi connectivity index (χ2n) is 4.58. The number of aliphatic carboxylic acids is 1. The van der Waals surface area contributed by atoms with Crippen molar-refractivity contribution >= 4 is 15.8 Å². The van der Waals surface area contributed by atoms with Gasteiger partial charge in [-0.05, 0) is 20.3 Å². The fourth-order valence-electron chi connectivity index (χ4n) is 2.86. The fourth-order valence-corrected chi connectivity index (χ4v) is 5.11. The van der Waals surface area contributed by atoms with Gasteiger partial charge < -0.3 is 5.11 Å².